The van der Waals surface area contributed by atoms with Gasteiger partial charge in [-0.3, -0.25) is 0 Å². The minimum atomic E-state index is 0.0713. The molecule has 2 N–H and O–H groups in total. The van der Waals surface area contributed by atoms with Gasteiger partial charge in [0.1, 0.15) is 0 Å². The van der Waals surface area contributed by atoms with E-state index in [9.17, 15) is 0 Å². The second-order valence-electron chi connectivity index (χ2n) is 2.78. The second kappa shape index (κ2) is 4.86. The minimum Gasteiger partial charge on any atom is -0.368 e. The molecule has 0 bridgehead atoms. The van der Waals surface area contributed by atoms with Crippen molar-refractivity contribution in [3.8, 4) is 0 Å². The molecule has 0 aliphatic carbocycles. The van der Waals surface area contributed by atoms with Gasteiger partial charge in [-0.15, -0.1) is 0 Å². The fourth-order valence-electron chi connectivity index (χ4n) is 1.02. The van der Waals surface area contributed by atoms with Gasteiger partial charge in [-0.25, -0.2) is 0 Å². The Hall–Kier alpha value is -1.04. The average molecular weight is 273 g/mol. The maximum absolute atomic E-state index is 6.00. The summed E-state index contributed by atoms with van der Waals surface area (Å²) in [4.78, 5) is 12.4. The summed E-state index contributed by atoms with van der Waals surface area (Å²) < 4.78 is 0. The van der Waals surface area contributed by atoms with E-state index < -0.39 is 0 Å². The van der Waals surface area contributed by atoms with Crippen molar-refractivity contribution in [1.82, 2.24) is 15.0 Å². The first kappa shape index (κ1) is 11.4. The Morgan fingerprint density at radius 3 is 2.50 bits per heavy atom. The van der Waals surface area contributed by atoms with E-state index >= 15 is 0 Å². The SMILES string of the molecule is Nc1nc(Cl)nc(Sc2ccccc2Cl)n1. The van der Waals surface area contributed by atoms with Gasteiger partial charge < -0.3 is 5.73 Å². The van der Waals surface area contributed by atoms with Crippen LogP contribution < -0.4 is 5.73 Å². The van der Waals surface area contributed by atoms with Crippen molar-refractivity contribution in [3.63, 3.8) is 0 Å². The summed E-state index contributed by atoms with van der Waals surface area (Å²) >= 11 is 12.9. The Morgan fingerprint density at radius 2 is 1.81 bits per heavy atom. The van der Waals surface area contributed by atoms with Crippen LogP contribution in [0, 0.1) is 0 Å². The van der Waals surface area contributed by atoms with Crippen LogP contribution in [0.15, 0.2) is 34.3 Å². The number of nitrogens with zero attached hydrogens (tertiary/aromatic N) is 3. The molecule has 0 aliphatic rings. The first-order chi connectivity index (χ1) is 7.65. The molecule has 0 radical (unpaired) electrons. The lowest BCUT2D eigenvalue weighted by Gasteiger charge is -2.02. The molecule has 2 aromatic rings. The zero-order valence-electron chi connectivity index (χ0n) is 7.89. The van der Waals surface area contributed by atoms with Crippen LogP contribution >= 0.6 is 35.0 Å². The van der Waals surface area contributed by atoms with Crippen molar-refractivity contribution in [2.24, 2.45) is 0 Å². The van der Waals surface area contributed by atoms with E-state index in [-0.39, 0.29) is 11.2 Å². The lowest BCUT2D eigenvalue weighted by Crippen LogP contribution is -1.98. The molecular weight excluding hydrogens is 267 g/mol. The van der Waals surface area contributed by atoms with Gasteiger partial charge >= 0.3 is 0 Å². The molecular formula is C9H6Cl2N4S. The van der Waals surface area contributed by atoms with Gasteiger partial charge in [0.25, 0.3) is 0 Å². The monoisotopic (exact) mass is 272 g/mol. The van der Waals surface area contributed by atoms with Crippen LogP contribution in [0.1, 0.15) is 0 Å². The van der Waals surface area contributed by atoms with Gasteiger partial charge in [0.15, 0.2) is 5.16 Å². The lowest BCUT2D eigenvalue weighted by atomic mass is 10.4. The highest BCUT2D eigenvalue weighted by Crippen LogP contribution is 2.31. The fraction of sp³-hybridized carbons (Fsp3) is 0. The summed E-state index contributed by atoms with van der Waals surface area (Å²) in [7, 11) is 0. The van der Waals surface area contributed by atoms with Gasteiger partial charge in [-0.2, -0.15) is 15.0 Å². The van der Waals surface area contributed by atoms with E-state index in [4.69, 9.17) is 28.9 Å². The molecule has 1 aromatic carbocycles. The van der Waals surface area contributed by atoms with Crippen molar-refractivity contribution in [2.45, 2.75) is 10.1 Å². The summed E-state index contributed by atoms with van der Waals surface area (Å²) in [5, 5.41) is 1.12. The molecule has 0 atom stereocenters. The minimum absolute atomic E-state index is 0.0713. The predicted molar refractivity (Wildman–Crippen MR) is 64.8 cm³/mol. The predicted octanol–water partition coefficient (Wildman–Crippen LogP) is 2.91. The molecule has 0 amide bonds. The third kappa shape index (κ3) is 2.75. The molecule has 1 heterocycles. The molecule has 7 heteroatoms. The van der Waals surface area contributed by atoms with Gasteiger partial charge in [-0.05, 0) is 35.5 Å². The normalized spacial score (nSPS) is 10.4. The van der Waals surface area contributed by atoms with Crippen molar-refractivity contribution in [2.75, 3.05) is 5.73 Å². The van der Waals surface area contributed by atoms with E-state index in [0.29, 0.717) is 10.2 Å². The smallest absolute Gasteiger partial charge is 0.228 e. The number of hydrogen-bond acceptors (Lipinski definition) is 5. The number of nitrogen functional groups attached to an aromatic ring is 1. The van der Waals surface area contributed by atoms with Crippen LogP contribution in [0.2, 0.25) is 10.3 Å². The number of benzene rings is 1. The number of aromatic nitrogens is 3. The van der Waals surface area contributed by atoms with Gasteiger partial charge in [0, 0.05) is 4.90 Å². The van der Waals surface area contributed by atoms with E-state index in [2.05, 4.69) is 15.0 Å². The van der Waals surface area contributed by atoms with Crippen LogP contribution in [0.25, 0.3) is 0 Å². The number of anilines is 1. The first-order valence-electron chi connectivity index (χ1n) is 4.24. The van der Waals surface area contributed by atoms with Crippen molar-refractivity contribution < 1.29 is 0 Å². The summed E-state index contributed by atoms with van der Waals surface area (Å²) in [6, 6.07) is 7.37. The maximum Gasteiger partial charge on any atom is 0.228 e. The Balaban J connectivity index is 2.30. The largest absolute Gasteiger partial charge is 0.368 e. The molecule has 0 aliphatic heterocycles. The zero-order chi connectivity index (χ0) is 11.5. The van der Waals surface area contributed by atoms with Crippen LogP contribution in [0.3, 0.4) is 0 Å². The highest BCUT2D eigenvalue weighted by Gasteiger charge is 2.07. The van der Waals surface area contributed by atoms with Crippen LogP contribution in [0.5, 0.6) is 0 Å². The molecule has 2 rings (SSSR count). The van der Waals surface area contributed by atoms with E-state index in [1.54, 1.807) is 6.07 Å². The fourth-order valence-corrected chi connectivity index (χ4v) is 2.27. The Bertz CT molecular complexity index is 500. The molecule has 0 saturated heterocycles. The number of rotatable bonds is 2. The van der Waals surface area contributed by atoms with E-state index in [0.717, 1.165) is 4.90 Å². The number of nitrogens with two attached hydrogens (primary N) is 1. The van der Waals surface area contributed by atoms with Crippen molar-refractivity contribution >= 4 is 40.9 Å². The van der Waals surface area contributed by atoms with Gasteiger partial charge in [0.05, 0.1) is 5.02 Å². The summed E-state index contributed by atoms with van der Waals surface area (Å²) in [6.07, 6.45) is 0. The van der Waals surface area contributed by atoms with Crippen LogP contribution in [0.4, 0.5) is 5.95 Å². The van der Waals surface area contributed by atoms with Gasteiger partial charge in [0.2, 0.25) is 11.2 Å². The quantitative estimate of drug-likeness (QED) is 0.911. The highest BCUT2D eigenvalue weighted by molar-refractivity contribution is 7.99. The van der Waals surface area contributed by atoms with Crippen molar-refractivity contribution in [1.29, 1.82) is 0 Å². The number of hydrogen-bond donors (Lipinski definition) is 1. The molecule has 0 unspecified atom stereocenters. The molecule has 16 heavy (non-hydrogen) atoms. The second-order valence-corrected chi connectivity index (χ2v) is 4.53. The third-order valence-corrected chi connectivity index (χ3v) is 3.19. The zero-order valence-corrected chi connectivity index (χ0v) is 10.2. The van der Waals surface area contributed by atoms with E-state index in [1.165, 1.54) is 11.8 Å². The van der Waals surface area contributed by atoms with Crippen LogP contribution in [-0.2, 0) is 0 Å². The van der Waals surface area contributed by atoms with E-state index in [1.807, 2.05) is 18.2 Å². The highest BCUT2D eigenvalue weighted by atomic mass is 35.5. The van der Waals surface area contributed by atoms with Gasteiger partial charge in [-0.1, -0.05) is 23.7 Å². The molecule has 0 saturated carbocycles. The lowest BCUT2D eigenvalue weighted by molar-refractivity contribution is 0.917. The first-order valence-corrected chi connectivity index (χ1v) is 5.82. The molecule has 4 nitrogen and oxygen atoms in total. The standard InChI is InChI=1S/C9H6Cl2N4S/c10-5-3-1-2-4-6(5)16-9-14-7(11)13-8(12)15-9/h1-4H,(H2,12,13,14,15). The average Bonchev–Trinajstić information content (AvgIpc) is 2.20. The molecule has 0 fully saturated rings. The summed E-state index contributed by atoms with van der Waals surface area (Å²) in [6.45, 7) is 0. The molecule has 82 valence electrons. The van der Waals surface area contributed by atoms with Crippen LogP contribution in [-0.4, -0.2) is 15.0 Å². The summed E-state index contributed by atoms with van der Waals surface area (Å²) in [5.74, 6) is 0.0922. The topological polar surface area (TPSA) is 64.7 Å². The Labute approximate surface area is 106 Å². The molecule has 1 aromatic heterocycles. The number of halogens is 2. The maximum atomic E-state index is 6.00. The summed E-state index contributed by atoms with van der Waals surface area (Å²) in [5.41, 5.74) is 5.46. The third-order valence-electron chi connectivity index (χ3n) is 1.64. The van der Waals surface area contributed by atoms with Crippen molar-refractivity contribution in [3.05, 3.63) is 34.6 Å². The molecule has 0 spiro atoms. The Morgan fingerprint density at radius 1 is 1.06 bits per heavy atom. The Kier molecular flexibility index (Phi) is 3.48.